The van der Waals surface area contributed by atoms with E-state index in [9.17, 15) is 24.2 Å². The second-order valence-electron chi connectivity index (χ2n) is 5.18. The van der Waals surface area contributed by atoms with Crippen LogP contribution in [-0.2, 0) is 0 Å². The Hall–Kier alpha value is -2.77. The molecule has 0 spiro atoms. The van der Waals surface area contributed by atoms with Gasteiger partial charge in [0.25, 0.3) is 11.8 Å². The van der Waals surface area contributed by atoms with Gasteiger partial charge in [-0.3, -0.25) is 9.59 Å². The van der Waals surface area contributed by atoms with Crippen LogP contribution in [0.25, 0.3) is 0 Å². The molecule has 0 fully saturated rings. The van der Waals surface area contributed by atoms with Crippen molar-refractivity contribution >= 4 is 11.8 Å². The SMILES string of the molecule is NC(=O)c1cc(C(=O)N[C@H](CO)[C@H](O)c2ccccc2)ccc1F. The highest BCUT2D eigenvalue weighted by molar-refractivity contribution is 5.99. The summed E-state index contributed by atoms with van der Waals surface area (Å²) in [5.74, 6) is -2.50. The van der Waals surface area contributed by atoms with Crippen LogP contribution < -0.4 is 11.1 Å². The molecule has 24 heavy (non-hydrogen) atoms. The molecule has 2 atom stereocenters. The molecule has 7 heteroatoms. The molecule has 0 radical (unpaired) electrons. The minimum absolute atomic E-state index is 0.0103. The predicted octanol–water partition coefficient (Wildman–Crippen LogP) is 0.749. The Balaban J connectivity index is 2.18. The fourth-order valence-corrected chi connectivity index (χ4v) is 2.21. The molecular weight excluding hydrogens is 315 g/mol. The number of aliphatic hydroxyl groups excluding tert-OH is 2. The number of nitrogens with one attached hydrogen (secondary N) is 1. The summed E-state index contributed by atoms with van der Waals surface area (Å²) in [5, 5.41) is 22.1. The second-order valence-corrected chi connectivity index (χ2v) is 5.18. The van der Waals surface area contributed by atoms with E-state index in [1.165, 1.54) is 6.07 Å². The number of aliphatic hydroxyl groups is 2. The Morgan fingerprint density at radius 3 is 2.42 bits per heavy atom. The zero-order valence-electron chi connectivity index (χ0n) is 12.6. The molecule has 5 N–H and O–H groups in total. The van der Waals surface area contributed by atoms with Crippen molar-refractivity contribution in [3.05, 3.63) is 71.0 Å². The Kier molecular flexibility index (Phi) is 5.62. The van der Waals surface area contributed by atoms with E-state index in [1.807, 2.05) is 0 Å². The lowest BCUT2D eigenvalue weighted by atomic mass is 10.0. The third-order valence-electron chi connectivity index (χ3n) is 3.53. The van der Waals surface area contributed by atoms with Crippen LogP contribution >= 0.6 is 0 Å². The molecule has 6 nitrogen and oxygen atoms in total. The van der Waals surface area contributed by atoms with Gasteiger partial charge in [0, 0.05) is 5.56 Å². The standard InChI is InChI=1S/C17H17FN2O4/c18-13-7-6-11(8-12(13)16(19)23)17(24)20-14(9-21)15(22)10-4-2-1-3-5-10/h1-8,14-15,21-22H,9H2,(H2,19,23)(H,20,24)/t14-,15-/m1/s1. The van der Waals surface area contributed by atoms with Gasteiger partial charge in [0.05, 0.1) is 18.2 Å². The molecule has 2 amide bonds. The molecule has 2 aromatic carbocycles. The molecule has 0 saturated carbocycles. The molecule has 0 unspecified atom stereocenters. The van der Waals surface area contributed by atoms with Crippen molar-refractivity contribution in [2.75, 3.05) is 6.61 Å². The van der Waals surface area contributed by atoms with Crippen molar-refractivity contribution in [1.29, 1.82) is 0 Å². The minimum Gasteiger partial charge on any atom is -0.394 e. The highest BCUT2D eigenvalue weighted by Crippen LogP contribution is 2.17. The van der Waals surface area contributed by atoms with Gasteiger partial charge in [-0.05, 0) is 23.8 Å². The summed E-state index contributed by atoms with van der Waals surface area (Å²) in [6.45, 7) is -0.508. The van der Waals surface area contributed by atoms with Gasteiger partial charge in [0.1, 0.15) is 11.9 Å². The van der Waals surface area contributed by atoms with Gasteiger partial charge in [0.2, 0.25) is 0 Å². The van der Waals surface area contributed by atoms with E-state index in [0.29, 0.717) is 5.56 Å². The quantitative estimate of drug-likeness (QED) is 0.625. The number of hydrogen-bond donors (Lipinski definition) is 4. The first-order valence-corrected chi connectivity index (χ1v) is 7.18. The van der Waals surface area contributed by atoms with Crippen molar-refractivity contribution in [2.45, 2.75) is 12.1 Å². The molecule has 0 saturated heterocycles. The molecule has 0 aromatic heterocycles. The van der Waals surface area contributed by atoms with Crippen LogP contribution in [0.15, 0.2) is 48.5 Å². The number of hydrogen-bond acceptors (Lipinski definition) is 4. The van der Waals surface area contributed by atoms with Crippen LogP contribution in [0, 0.1) is 5.82 Å². The Morgan fingerprint density at radius 2 is 1.83 bits per heavy atom. The van der Waals surface area contributed by atoms with E-state index in [2.05, 4.69) is 5.32 Å². The lowest BCUT2D eigenvalue weighted by molar-refractivity contribution is 0.0703. The lowest BCUT2D eigenvalue weighted by Gasteiger charge is -2.22. The number of amides is 2. The average molecular weight is 332 g/mol. The van der Waals surface area contributed by atoms with Crippen LogP contribution in [0.3, 0.4) is 0 Å². The minimum atomic E-state index is -1.13. The molecular formula is C17H17FN2O4. The molecule has 2 rings (SSSR count). The summed E-state index contributed by atoms with van der Waals surface area (Å²) in [7, 11) is 0. The smallest absolute Gasteiger partial charge is 0.251 e. The second kappa shape index (κ2) is 7.67. The number of halogens is 1. The highest BCUT2D eigenvalue weighted by Gasteiger charge is 2.23. The summed E-state index contributed by atoms with van der Waals surface area (Å²) < 4.78 is 13.4. The van der Waals surface area contributed by atoms with Crippen molar-refractivity contribution in [3.8, 4) is 0 Å². The predicted molar refractivity (Wildman–Crippen MR) is 84.7 cm³/mol. The Morgan fingerprint density at radius 1 is 1.17 bits per heavy atom. The summed E-state index contributed by atoms with van der Waals surface area (Å²) in [6, 6.07) is 10.7. The molecule has 0 aliphatic carbocycles. The van der Waals surface area contributed by atoms with E-state index in [0.717, 1.165) is 12.1 Å². The fraction of sp³-hybridized carbons (Fsp3) is 0.176. The number of nitrogens with two attached hydrogens (primary N) is 1. The maximum atomic E-state index is 13.4. The number of carbonyl (C=O) groups is 2. The van der Waals surface area contributed by atoms with Gasteiger partial charge in [0.15, 0.2) is 0 Å². The van der Waals surface area contributed by atoms with Crippen molar-refractivity contribution < 1.29 is 24.2 Å². The van der Waals surface area contributed by atoms with E-state index in [1.54, 1.807) is 30.3 Å². The Bertz CT molecular complexity index is 737. The molecule has 126 valence electrons. The van der Waals surface area contributed by atoms with Gasteiger partial charge >= 0.3 is 0 Å². The molecule has 0 heterocycles. The van der Waals surface area contributed by atoms with E-state index in [-0.39, 0.29) is 5.56 Å². The van der Waals surface area contributed by atoms with Gasteiger partial charge in [-0.25, -0.2) is 4.39 Å². The zero-order chi connectivity index (χ0) is 17.7. The first-order chi connectivity index (χ1) is 11.4. The number of carbonyl (C=O) groups excluding carboxylic acids is 2. The van der Waals surface area contributed by atoms with Gasteiger partial charge in [-0.15, -0.1) is 0 Å². The van der Waals surface area contributed by atoms with Crippen molar-refractivity contribution in [3.63, 3.8) is 0 Å². The first-order valence-electron chi connectivity index (χ1n) is 7.18. The molecule has 0 aliphatic rings. The maximum absolute atomic E-state index is 13.4. The monoisotopic (exact) mass is 332 g/mol. The van der Waals surface area contributed by atoms with Gasteiger partial charge in [-0.2, -0.15) is 0 Å². The topological polar surface area (TPSA) is 113 Å². The summed E-state index contributed by atoms with van der Waals surface area (Å²) in [5.41, 5.74) is 5.15. The van der Waals surface area contributed by atoms with Crippen LogP contribution in [0.2, 0.25) is 0 Å². The number of benzene rings is 2. The van der Waals surface area contributed by atoms with Crippen molar-refractivity contribution in [2.24, 2.45) is 5.73 Å². The molecule has 0 bridgehead atoms. The summed E-state index contributed by atoms with van der Waals surface area (Å²) in [6.07, 6.45) is -1.13. The largest absolute Gasteiger partial charge is 0.394 e. The van der Waals surface area contributed by atoms with Crippen LogP contribution in [-0.4, -0.2) is 34.7 Å². The summed E-state index contributed by atoms with van der Waals surface area (Å²) >= 11 is 0. The third kappa shape index (κ3) is 3.95. The van der Waals surface area contributed by atoms with E-state index in [4.69, 9.17) is 5.73 Å². The average Bonchev–Trinajstić information content (AvgIpc) is 2.59. The van der Waals surface area contributed by atoms with Crippen LogP contribution in [0.5, 0.6) is 0 Å². The molecule has 2 aromatic rings. The highest BCUT2D eigenvalue weighted by atomic mass is 19.1. The summed E-state index contributed by atoms with van der Waals surface area (Å²) in [4.78, 5) is 23.4. The zero-order valence-corrected chi connectivity index (χ0v) is 12.6. The lowest BCUT2D eigenvalue weighted by Crippen LogP contribution is -2.42. The van der Waals surface area contributed by atoms with Crippen LogP contribution in [0.4, 0.5) is 4.39 Å². The molecule has 0 aliphatic heterocycles. The van der Waals surface area contributed by atoms with Gasteiger partial charge < -0.3 is 21.3 Å². The number of primary amides is 1. The van der Waals surface area contributed by atoms with E-state index >= 15 is 0 Å². The van der Waals surface area contributed by atoms with Crippen LogP contribution in [0.1, 0.15) is 32.4 Å². The first kappa shape index (κ1) is 17.6. The third-order valence-corrected chi connectivity index (χ3v) is 3.53. The van der Waals surface area contributed by atoms with Crippen molar-refractivity contribution in [1.82, 2.24) is 5.32 Å². The fourth-order valence-electron chi connectivity index (χ4n) is 2.21. The maximum Gasteiger partial charge on any atom is 0.251 e. The normalized spacial score (nSPS) is 13.1. The van der Waals surface area contributed by atoms with E-state index < -0.39 is 41.9 Å². The number of rotatable bonds is 6. The Labute approximate surface area is 137 Å². The van der Waals surface area contributed by atoms with Gasteiger partial charge in [-0.1, -0.05) is 30.3 Å².